The van der Waals surface area contributed by atoms with Crippen molar-refractivity contribution >= 4 is 18.2 Å². The molecule has 2 rings (SSSR count). The quantitative estimate of drug-likeness (QED) is 0.649. The van der Waals surface area contributed by atoms with E-state index in [0.29, 0.717) is 11.4 Å². The van der Waals surface area contributed by atoms with E-state index in [1.807, 2.05) is 30.3 Å². The molecule has 0 amide bonds. The van der Waals surface area contributed by atoms with Crippen LogP contribution in [0.4, 0.5) is 0 Å². The van der Waals surface area contributed by atoms with Crippen molar-refractivity contribution in [2.45, 2.75) is 0 Å². The van der Waals surface area contributed by atoms with E-state index in [0.717, 1.165) is 5.75 Å². The van der Waals surface area contributed by atoms with Gasteiger partial charge in [-0.05, 0) is 18.2 Å². The molecule has 0 aliphatic heterocycles. The Balaban J connectivity index is 0.00000144. The molecule has 0 radical (unpaired) electrons. The molecule has 0 aliphatic carbocycles. The average molecular weight is 250 g/mol. The topological polar surface area (TPSA) is 72.0 Å². The zero-order chi connectivity index (χ0) is 11.4. The van der Waals surface area contributed by atoms with Crippen molar-refractivity contribution in [1.82, 2.24) is 4.98 Å². The highest BCUT2D eigenvalue weighted by Gasteiger charge is 2.01. The Labute approximate surface area is 105 Å². The highest BCUT2D eigenvalue weighted by Crippen LogP contribution is 2.20. The van der Waals surface area contributed by atoms with Gasteiger partial charge in [-0.25, -0.2) is 0 Å². The summed E-state index contributed by atoms with van der Waals surface area (Å²) in [4.78, 5) is 3.95. The third-order valence-electron chi connectivity index (χ3n) is 1.99. The zero-order valence-corrected chi connectivity index (χ0v) is 9.78. The summed E-state index contributed by atoms with van der Waals surface area (Å²) in [5.41, 5.74) is 5.75. The standard InChI is InChI=1S/C12H11N3O.ClH/c13-12(14)11-8-10(6-7-15-11)16-9-4-2-1-3-5-9;/h1-8H,(H3,13,14);1H. The molecule has 0 saturated heterocycles. The minimum Gasteiger partial charge on any atom is -0.457 e. The molecule has 1 aromatic heterocycles. The molecule has 0 aliphatic rings. The van der Waals surface area contributed by atoms with Crippen LogP contribution in [0, 0.1) is 5.41 Å². The number of benzene rings is 1. The average Bonchev–Trinajstić information content (AvgIpc) is 2.30. The van der Waals surface area contributed by atoms with E-state index in [-0.39, 0.29) is 18.2 Å². The number of amidine groups is 1. The summed E-state index contributed by atoms with van der Waals surface area (Å²) in [5, 5.41) is 7.27. The first kappa shape index (κ1) is 13.0. The van der Waals surface area contributed by atoms with Crippen LogP contribution < -0.4 is 10.5 Å². The molecule has 5 heteroatoms. The van der Waals surface area contributed by atoms with Crippen molar-refractivity contribution in [2.75, 3.05) is 0 Å². The summed E-state index contributed by atoms with van der Waals surface area (Å²) in [5.74, 6) is 1.29. The Bertz CT molecular complexity index is 502. The van der Waals surface area contributed by atoms with E-state index in [2.05, 4.69) is 4.98 Å². The Hall–Kier alpha value is -2.07. The number of nitrogens with zero attached hydrogens (tertiary/aromatic N) is 1. The maximum atomic E-state index is 7.27. The smallest absolute Gasteiger partial charge is 0.141 e. The van der Waals surface area contributed by atoms with Crippen molar-refractivity contribution < 1.29 is 4.74 Å². The van der Waals surface area contributed by atoms with E-state index in [4.69, 9.17) is 15.9 Å². The zero-order valence-electron chi connectivity index (χ0n) is 8.96. The van der Waals surface area contributed by atoms with Crippen LogP contribution in [-0.4, -0.2) is 10.8 Å². The molecule has 4 nitrogen and oxygen atoms in total. The number of nitrogens with one attached hydrogen (secondary N) is 1. The lowest BCUT2D eigenvalue weighted by Crippen LogP contribution is -2.12. The monoisotopic (exact) mass is 249 g/mol. The highest BCUT2D eigenvalue weighted by molar-refractivity contribution is 5.93. The number of hydrogen-bond donors (Lipinski definition) is 2. The lowest BCUT2D eigenvalue weighted by molar-refractivity contribution is 0.482. The van der Waals surface area contributed by atoms with Gasteiger partial charge in [-0.3, -0.25) is 10.4 Å². The molecular weight excluding hydrogens is 238 g/mol. The van der Waals surface area contributed by atoms with Crippen molar-refractivity contribution in [3.8, 4) is 11.5 Å². The Kier molecular flexibility index (Phi) is 4.48. The number of aromatic nitrogens is 1. The summed E-state index contributed by atoms with van der Waals surface area (Å²) in [7, 11) is 0. The summed E-state index contributed by atoms with van der Waals surface area (Å²) < 4.78 is 5.58. The number of para-hydroxylation sites is 1. The van der Waals surface area contributed by atoms with Crippen LogP contribution in [0.1, 0.15) is 5.69 Å². The molecule has 0 unspecified atom stereocenters. The van der Waals surface area contributed by atoms with Gasteiger partial charge in [0, 0.05) is 12.3 Å². The Morgan fingerprint density at radius 3 is 2.47 bits per heavy atom. The second-order valence-electron chi connectivity index (χ2n) is 3.21. The number of nitrogen functional groups attached to an aromatic ring is 1. The number of rotatable bonds is 3. The Morgan fingerprint density at radius 2 is 1.82 bits per heavy atom. The van der Waals surface area contributed by atoms with Gasteiger partial charge in [-0.2, -0.15) is 0 Å². The van der Waals surface area contributed by atoms with Gasteiger partial charge in [0.25, 0.3) is 0 Å². The van der Waals surface area contributed by atoms with Crippen LogP contribution in [0.15, 0.2) is 48.7 Å². The van der Waals surface area contributed by atoms with Crippen LogP contribution in [0.2, 0.25) is 0 Å². The molecule has 0 spiro atoms. The van der Waals surface area contributed by atoms with Crippen LogP contribution in [0.25, 0.3) is 0 Å². The molecule has 3 N–H and O–H groups in total. The third kappa shape index (κ3) is 3.46. The second kappa shape index (κ2) is 5.86. The fourth-order valence-electron chi connectivity index (χ4n) is 1.25. The van der Waals surface area contributed by atoms with Crippen molar-refractivity contribution in [1.29, 1.82) is 5.41 Å². The SMILES string of the molecule is Cl.N=C(N)c1cc(Oc2ccccc2)ccn1. The summed E-state index contributed by atoms with van der Waals surface area (Å²) in [6.45, 7) is 0. The fourth-order valence-corrected chi connectivity index (χ4v) is 1.25. The van der Waals surface area contributed by atoms with Crippen LogP contribution in [0.5, 0.6) is 11.5 Å². The third-order valence-corrected chi connectivity index (χ3v) is 1.99. The van der Waals surface area contributed by atoms with Gasteiger partial charge in [-0.1, -0.05) is 18.2 Å². The van der Waals surface area contributed by atoms with Crippen LogP contribution in [0.3, 0.4) is 0 Å². The maximum absolute atomic E-state index is 7.27. The van der Waals surface area contributed by atoms with E-state index in [1.165, 1.54) is 0 Å². The number of halogens is 1. The van der Waals surface area contributed by atoms with Gasteiger partial charge in [-0.15, -0.1) is 12.4 Å². The summed E-state index contributed by atoms with van der Waals surface area (Å²) >= 11 is 0. The lowest BCUT2D eigenvalue weighted by atomic mass is 10.3. The van der Waals surface area contributed by atoms with Gasteiger partial charge >= 0.3 is 0 Å². The normalized spacial score (nSPS) is 9.18. The molecule has 0 atom stereocenters. The Morgan fingerprint density at radius 1 is 1.12 bits per heavy atom. The van der Waals surface area contributed by atoms with Gasteiger partial charge in [0.1, 0.15) is 23.0 Å². The molecule has 0 saturated carbocycles. The number of ether oxygens (including phenoxy) is 1. The first-order chi connectivity index (χ1) is 7.75. The fraction of sp³-hybridized carbons (Fsp3) is 0. The predicted molar refractivity (Wildman–Crippen MR) is 69.0 cm³/mol. The van der Waals surface area contributed by atoms with Gasteiger partial charge in [0.2, 0.25) is 0 Å². The molecule has 88 valence electrons. The number of hydrogen-bond acceptors (Lipinski definition) is 3. The molecule has 0 bridgehead atoms. The van der Waals surface area contributed by atoms with E-state index < -0.39 is 0 Å². The molecule has 17 heavy (non-hydrogen) atoms. The van der Waals surface area contributed by atoms with E-state index >= 15 is 0 Å². The first-order valence-electron chi connectivity index (χ1n) is 4.79. The van der Waals surface area contributed by atoms with Gasteiger partial charge in [0.05, 0.1) is 0 Å². The lowest BCUT2D eigenvalue weighted by Gasteiger charge is -2.05. The minimum absolute atomic E-state index is 0. The van der Waals surface area contributed by atoms with E-state index in [1.54, 1.807) is 18.3 Å². The van der Waals surface area contributed by atoms with Crippen molar-refractivity contribution in [2.24, 2.45) is 5.73 Å². The molecule has 1 aromatic carbocycles. The first-order valence-corrected chi connectivity index (χ1v) is 4.79. The van der Waals surface area contributed by atoms with Crippen molar-refractivity contribution in [3.63, 3.8) is 0 Å². The summed E-state index contributed by atoms with van der Waals surface area (Å²) in [6, 6.07) is 12.8. The number of nitrogens with two attached hydrogens (primary N) is 1. The largest absolute Gasteiger partial charge is 0.457 e. The second-order valence-corrected chi connectivity index (χ2v) is 3.21. The van der Waals surface area contributed by atoms with Crippen molar-refractivity contribution in [3.05, 3.63) is 54.4 Å². The maximum Gasteiger partial charge on any atom is 0.141 e. The minimum atomic E-state index is -0.0708. The van der Waals surface area contributed by atoms with Crippen LogP contribution >= 0.6 is 12.4 Å². The molecular formula is C12H12ClN3O. The predicted octanol–water partition coefficient (Wildman–Crippen LogP) is 2.58. The molecule has 1 heterocycles. The van der Waals surface area contributed by atoms with Gasteiger partial charge in [0.15, 0.2) is 0 Å². The van der Waals surface area contributed by atoms with E-state index in [9.17, 15) is 0 Å². The highest BCUT2D eigenvalue weighted by atomic mass is 35.5. The molecule has 2 aromatic rings. The summed E-state index contributed by atoms with van der Waals surface area (Å²) in [6.07, 6.45) is 1.56. The molecule has 0 fully saturated rings. The van der Waals surface area contributed by atoms with Gasteiger partial charge < -0.3 is 10.5 Å². The number of pyridine rings is 1. The van der Waals surface area contributed by atoms with Crippen LogP contribution in [-0.2, 0) is 0 Å².